The zero-order valence-corrected chi connectivity index (χ0v) is 14.2. The maximum Gasteiger partial charge on any atom is 0.358 e. The maximum absolute atomic E-state index is 11.4. The predicted octanol–water partition coefficient (Wildman–Crippen LogP) is 1.07. The average molecular weight is 330 g/mol. The van der Waals surface area contributed by atoms with Gasteiger partial charge in [0.1, 0.15) is 0 Å². The first-order valence-corrected chi connectivity index (χ1v) is 7.63. The largest absolute Gasteiger partial charge is 0.464 e. The molecular weight excluding hydrogens is 306 g/mol. The molecule has 0 radical (unpaired) electrons. The lowest BCUT2D eigenvalue weighted by Gasteiger charge is -2.39. The smallest absolute Gasteiger partial charge is 0.358 e. The van der Waals surface area contributed by atoms with Crippen molar-refractivity contribution in [1.82, 2.24) is 15.3 Å². The molecule has 0 unspecified atom stereocenters. The Kier molecular flexibility index (Phi) is 7.50. The number of nitrogens with two attached hydrogens (primary N) is 1. The Morgan fingerprint density at radius 2 is 2.27 bits per heavy atom. The van der Waals surface area contributed by atoms with Crippen LogP contribution in [0.5, 0.6) is 0 Å². The minimum atomic E-state index is -0.536. The van der Waals surface area contributed by atoms with Gasteiger partial charge in [0, 0.05) is 25.2 Å². The van der Waals surface area contributed by atoms with Crippen molar-refractivity contribution in [3.63, 3.8) is 0 Å². The van der Waals surface area contributed by atoms with E-state index in [9.17, 15) is 4.79 Å². The number of halogens is 1. The van der Waals surface area contributed by atoms with Crippen molar-refractivity contribution < 1.29 is 9.53 Å². The van der Waals surface area contributed by atoms with E-state index < -0.39 is 5.97 Å². The Morgan fingerprint density at radius 3 is 2.82 bits per heavy atom. The van der Waals surface area contributed by atoms with E-state index in [1.165, 1.54) is 20.4 Å². The molecular formula is C14H24ClN5O2. The second-order valence-electron chi connectivity index (χ2n) is 4.88. The van der Waals surface area contributed by atoms with E-state index in [0.29, 0.717) is 11.9 Å². The number of nitrogens with one attached hydrogen (secondary N) is 1. The molecule has 2 atom stereocenters. The number of rotatable bonds is 3. The van der Waals surface area contributed by atoms with E-state index in [-0.39, 0.29) is 16.9 Å². The van der Waals surface area contributed by atoms with Crippen molar-refractivity contribution >= 4 is 23.4 Å². The fourth-order valence-corrected chi connectivity index (χ4v) is 2.50. The van der Waals surface area contributed by atoms with Gasteiger partial charge >= 0.3 is 5.97 Å². The van der Waals surface area contributed by atoms with Gasteiger partial charge in [-0.25, -0.2) is 14.8 Å². The summed E-state index contributed by atoms with van der Waals surface area (Å²) in [5, 5.41) is 3.70. The number of aromatic nitrogens is 2. The van der Waals surface area contributed by atoms with Crippen molar-refractivity contribution in [2.75, 3.05) is 32.1 Å². The molecule has 22 heavy (non-hydrogen) atoms. The van der Waals surface area contributed by atoms with Gasteiger partial charge in [-0.2, -0.15) is 0 Å². The van der Waals surface area contributed by atoms with Crippen LogP contribution in [0.2, 0.25) is 5.15 Å². The van der Waals surface area contributed by atoms with Gasteiger partial charge < -0.3 is 20.7 Å². The predicted molar refractivity (Wildman–Crippen MR) is 87.4 cm³/mol. The van der Waals surface area contributed by atoms with E-state index in [4.69, 9.17) is 11.6 Å². The SMILES string of the molecule is CC[C@H]1CN(c2ncc(C(=O)OC)nc2Cl)[C@H](C)CN1.CN. The van der Waals surface area contributed by atoms with Gasteiger partial charge in [0.2, 0.25) is 0 Å². The van der Waals surface area contributed by atoms with Crippen LogP contribution in [0.1, 0.15) is 30.8 Å². The molecule has 1 fully saturated rings. The summed E-state index contributed by atoms with van der Waals surface area (Å²) in [6.45, 7) is 5.93. The Balaban J connectivity index is 0.00000116. The number of piperazine rings is 1. The maximum atomic E-state index is 11.4. The van der Waals surface area contributed by atoms with E-state index >= 15 is 0 Å². The average Bonchev–Trinajstić information content (AvgIpc) is 2.56. The summed E-state index contributed by atoms with van der Waals surface area (Å²) < 4.78 is 4.61. The van der Waals surface area contributed by atoms with E-state index in [0.717, 1.165) is 19.5 Å². The Bertz CT molecular complexity index is 500. The number of ether oxygens (including phenoxy) is 1. The second kappa shape index (κ2) is 8.87. The molecule has 8 heteroatoms. The summed E-state index contributed by atoms with van der Waals surface area (Å²) >= 11 is 6.18. The number of methoxy groups -OCH3 is 1. The van der Waals surface area contributed by atoms with Crippen molar-refractivity contribution in [2.24, 2.45) is 5.73 Å². The lowest BCUT2D eigenvalue weighted by atomic mass is 10.1. The van der Waals surface area contributed by atoms with Crippen LogP contribution in [0.25, 0.3) is 0 Å². The quantitative estimate of drug-likeness (QED) is 0.801. The molecule has 0 aromatic carbocycles. The van der Waals surface area contributed by atoms with Crippen LogP contribution in [-0.4, -0.2) is 55.3 Å². The van der Waals surface area contributed by atoms with Crippen LogP contribution in [0, 0.1) is 0 Å². The van der Waals surface area contributed by atoms with Gasteiger partial charge in [-0.05, 0) is 20.4 Å². The molecule has 0 bridgehead atoms. The standard InChI is InChI=1S/C13H19ClN4O2.CH5N/c1-4-9-7-18(8(2)5-15-9)12-11(14)17-10(6-16-12)13(19)20-3;1-2/h6,8-9,15H,4-5,7H2,1-3H3;2H2,1H3/t8-,9+;/m1./s1. The highest BCUT2D eigenvalue weighted by Crippen LogP contribution is 2.25. The summed E-state index contributed by atoms with van der Waals surface area (Å²) in [4.78, 5) is 21.9. The van der Waals surface area contributed by atoms with Crippen LogP contribution in [0.3, 0.4) is 0 Å². The second-order valence-corrected chi connectivity index (χ2v) is 5.23. The first-order chi connectivity index (χ1) is 10.6. The lowest BCUT2D eigenvalue weighted by Crippen LogP contribution is -2.55. The number of hydrogen-bond acceptors (Lipinski definition) is 7. The highest BCUT2D eigenvalue weighted by Gasteiger charge is 2.27. The Morgan fingerprint density at radius 1 is 1.59 bits per heavy atom. The molecule has 3 N–H and O–H groups in total. The molecule has 0 saturated carbocycles. The van der Waals surface area contributed by atoms with Crippen molar-refractivity contribution in [3.05, 3.63) is 17.0 Å². The van der Waals surface area contributed by atoms with E-state index in [1.807, 2.05) is 0 Å². The van der Waals surface area contributed by atoms with Crippen molar-refractivity contribution in [1.29, 1.82) is 0 Å². The first-order valence-electron chi connectivity index (χ1n) is 7.25. The molecule has 1 aliphatic heterocycles. The number of nitrogens with zero attached hydrogens (tertiary/aromatic N) is 3. The fraction of sp³-hybridized carbons (Fsp3) is 0.643. The highest BCUT2D eigenvalue weighted by atomic mass is 35.5. The van der Waals surface area contributed by atoms with Crippen LogP contribution >= 0.6 is 11.6 Å². The van der Waals surface area contributed by atoms with Crippen LogP contribution < -0.4 is 16.0 Å². The van der Waals surface area contributed by atoms with Crippen molar-refractivity contribution in [3.8, 4) is 0 Å². The van der Waals surface area contributed by atoms with Gasteiger partial charge in [-0.3, -0.25) is 0 Å². The number of carbonyl (C=O) groups excluding carboxylic acids is 1. The van der Waals surface area contributed by atoms with Crippen LogP contribution in [-0.2, 0) is 4.74 Å². The molecule has 1 aromatic rings. The Hall–Kier alpha value is -1.44. The van der Waals surface area contributed by atoms with Crippen LogP contribution in [0.15, 0.2) is 6.20 Å². The molecule has 2 heterocycles. The molecule has 124 valence electrons. The number of hydrogen-bond donors (Lipinski definition) is 2. The van der Waals surface area contributed by atoms with Gasteiger partial charge in [0.15, 0.2) is 16.7 Å². The van der Waals surface area contributed by atoms with Crippen molar-refractivity contribution in [2.45, 2.75) is 32.4 Å². The fourth-order valence-electron chi connectivity index (χ4n) is 2.25. The summed E-state index contributed by atoms with van der Waals surface area (Å²) in [5.74, 6) is 0.0810. The normalized spacial score (nSPS) is 20.9. The lowest BCUT2D eigenvalue weighted by molar-refractivity contribution is 0.0593. The van der Waals surface area contributed by atoms with Gasteiger partial charge in [0.05, 0.1) is 13.3 Å². The molecule has 1 aliphatic rings. The third-order valence-corrected chi connectivity index (χ3v) is 3.78. The molecule has 1 aromatic heterocycles. The van der Waals surface area contributed by atoms with E-state index in [1.54, 1.807) is 0 Å². The molecule has 0 spiro atoms. The summed E-state index contributed by atoms with van der Waals surface area (Å²) in [5.41, 5.74) is 4.62. The topological polar surface area (TPSA) is 93.4 Å². The molecule has 1 saturated heterocycles. The molecule has 0 aliphatic carbocycles. The highest BCUT2D eigenvalue weighted by molar-refractivity contribution is 6.31. The third-order valence-electron chi connectivity index (χ3n) is 3.52. The van der Waals surface area contributed by atoms with Gasteiger partial charge in [-0.1, -0.05) is 18.5 Å². The summed E-state index contributed by atoms with van der Waals surface area (Å²) in [7, 11) is 2.80. The van der Waals surface area contributed by atoms with Gasteiger partial charge in [-0.15, -0.1) is 0 Å². The number of carbonyl (C=O) groups is 1. The minimum absolute atomic E-state index is 0.121. The summed E-state index contributed by atoms with van der Waals surface area (Å²) in [6, 6.07) is 0.679. The minimum Gasteiger partial charge on any atom is -0.464 e. The Labute approximate surface area is 136 Å². The first kappa shape index (κ1) is 18.6. The zero-order chi connectivity index (χ0) is 16.7. The molecule has 2 rings (SSSR count). The number of anilines is 1. The third kappa shape index (κ3) is 4.28. The van der Waals surface area contributed by atoms with Gasteiger partial charge in [0.25, 0.3) is 0 Å². The monoisotopic (exact) mass is 329 g/mol. The number of esters is 1. The summed E-state index contributed by atoms with van der Waals surface area (Å²) in [6.07, 6.45) is 2.44. The van der Waals surface area contributed by atoms with Crippen LogP contribution in [0.4, 0.5) is 5.82 Å². The molecule has 7 nitrogen and oxygen atoms in total. The zero-order valence-electron chi connectivity index (χ0n) is 13.5. The van der Waals surface area contributed by atoms with E-state index in [2.05, 4.69) is 44.5 Å². The molecule has 0 amide bonds.